The Bertz CT molecular complexity index is 490. The minimum atomic E-state index is -0.149. The van der Waals surface area contributed by atoms with Gasteiger partial charge < -0.3 is 5.32 Å². The molecule has 0 spiro atoms. The third-order valence-corrected chi connectivity index (χ3v) is 3.74. The number of thiophene rings is 1. The number of hydrogen-bond acceptors (Lipinski definition) is 2. The van der Waals surface area contributed by atoms with E-state index in [0.29, 0.717) is 5.92 Å². The van der Waals surface area contributed by atoms with Crippen molar-refractivity contribution in [1.82, 2.24) is 5.32 Å². The van der Waals surface area contributed by atoms with Crippen molar-refractivity contribution < 1.29 is 4.39 Å². The van der Waals surface area contributed by atoms with Crippen LogP contribution in [0.1, 0.15) is 19.4 Å². The summed E-state index contributed by atoms with van der Waals surface area (Å²) < 4.78 is 14.1. The lowest BCUT2D eigenvalue weighted by Crippen LogP contribution is -2.21. The first-order valence-corrected chi connectivity index (χ1v) is 6.91. The molecule has 3 heteroatoms. The lowest BCUT2D eigenvalue weighted by Gasteiger charge is -2.06. The highest BCUT2D eigenvalue weighted by Gasteiger charge is 2.04. The van der Waals surface area contributed by atoms with Crippen LogP contribution in [0.3, 0.4) is 0 Å². The fourth-order valence-electron chi connectivity index (χ4n) is 1.86. The monoisotopic (exact) mass is 251 g/mol. The maximum absolute atomic E-state index is 13.0. The molecule has 0 atom stereocenters. The van der Waals surface area contributed by atoms with Gasteiger partial charge in [-0.3, -0.25) is 0 Å². The second-order valence-electron chi connectivity index (χ2n) is 4.75. The summed E-state index contributed by atoms with van der Waals surface area (Å²) in [6, 6.07) is 5.05. The summed E-state index contributed by atoms with van der Waals surface area (Å²) in [4.78, 5) is 0. The third kappa shape index (κ3) is 3.27. The molecule has 0 aliphatic carbocycles. The summed E-state index contributed by atoms with van der Waals surface area (Å²) in [6.45, 7) is 6.45. The predicted octanol–water partition coefficient (Wildman–Crippen LogP) is 3.83. The highest BCUT2D eigenvalue weighted by atomic mass is 32.1. The van der Waals surface area contributed by atoms with E-state index in [-0.39, 0.29) is 5.82 Å². The number of halogens is 1. The molecule has 1 aromatic heterocycles. The molecule has 0 bridgehead atoms. The van der Waals surface area contributed by atoms with E-state index < -0.39 is 0 Å². The quantitative estimate of drug-likeness (QED) is 0.796. The molecule has 92 valence electrons. The third-order valence-electron chi connectivity index (χ3n) is 2.74. The summed E-state index contributed by atoms with van der Waals surface area (Å²) in [5, 5.41) is 6.77. The topological polar surface area (TPSA) is 12.0 Å². The van der Waals surface area contributed by atoms with Gasteiger partial charge in [0.1, 0.15) is 5.82 Å². The van der Waals surface area contributed by atoms with Gasteiger partial charge >= 0.3 is 0 Å². The van der Waals surface area contributed by atoms with Gasteiger partial charge in [-0.25, -0.2) is 4.39 Å². The van der Waals surface area contributed by atoms with Gasteiger partial charge in [-0.05, 0) is 53.9 Å². The molecule has 0 aliphatic rings. The molecule has 0 amide bonds. The van der Waals surface area contributed by atoms with E-state index in [4.69, 9.17) is 0 Å². The average Bonchev–Trinajstić information content (AvgIpc) is 2.66. The summed E-state index contributed by atoms with van der Waals surface area (Å²) >= 11 is 1.62. The Kier molecular flexibility index (Phi) is 4.13. The first kappa shape index (κ1) is 12.5. The van der Waals surface area contributed by atoms with E-state index in [0.717, 1.165) is 24.2 Å². The van der Waals surface area contributed by atoms with Crippen LogP contribution in [-0.2, 0) is 6.42 Å². The number of rotatable bonds is 5. The van der Waals surface area contributed by atoms with Crippen molar-refractivity contribution in [1.29, 1.82) is 0 Å². The van der Waals surface area contributed by atoms with E-state index in [1.807, 2.05) is 6.07 Å². The van der Waals surface area contributed by atoms with Crippen molar-refractivity contribution in [2.75, 3.05) is 13.1 Å². The number of benzene rings is 1. The van der Waals surface area contributed by atoms with E-state index in [2.05, 4.69) is 24.5 Å². The minimum absolute atomic E-state index is 0.149. The van der Waals surface area contributed by atoms with Crippen molar-refractivity contribution in [3.05, 3.63) is 35.0 Å². The van der Waals surface area contributed by atoms with Gasteiger partial charge in [-0.15, -0.1) is 11.3 Å². The van der Waals surface area contributed by atoms with Gasteiger partial charge in [0, 0.05) is 4.70 Å². The van der Waals surface area contributed by atoms with Crippen LogP contribution in [0.25, 0.3) is 10.1 Å². The summed E-state index contributed by atoms with van der Waals surface area (Å²) in [7, 11) is 0. The van der Waals surface area contributed by atoms with Crippen LogP contribution in [0.5, 0.6) is 0 Å². The van der Waals surface area contributed by atoms with Gasteiger partial charge in [0.15, 0.2) is 0 Å². The first-order valence-electron chi connectivity index (χ1n) is 6.03. The van der Waals surface area contributed by atoms with Crippen LogP contribution in [0, 0.1) is 11.7 Å². The highest BCUT2D eigenvalue weighted by molar-refractivity contribution is 7.17. The molecule has 17 heavy (non-hydrogen) atoms. The summed E-state index contributed by atoms with van der Waals surface area (Å²) in [5.41, 5.74) is 1.32. The first-order chi connectivity index (χ1) is 8.16. The number of nitrogens with one attached hydrogen (secondary N) is 1. The molecule has 1 heterocycles. The molecule has 0 saturated carbocycles. The Hall–Kier alpha value is -0.930. The van der Waals surface area contributed by atoms with Gasteiger partial charge in [0.2, 0.25) is 0 Å². The van der Waals surface area contributed by atoms with Gasteiger partial charge in [0.25, 0.3) is 0 Å². The average molecular weight is 251 g/mol. The smallest absolute Gasteiger partial charge is 0.124 e. The predicted molar refractivity (Wildman–Crippen MR) is 73.2 cm³/mol. The van der Waals surface area contributed by atoms with Crippen LogP contribution in [0.15, 0.2) is 23.6 Å². The van der Waals surface area contributed by atoms with Crippen LogP contribution in [0.2, 0.25) is 0 Å². The van der Waals surface area contributed by atoms with E-state index in [9.17, 15) is 4.39 Å². The molecule has 1 N–H and O–H groups in total. The number of hydrogen-bond donors (Lipinski definition) is 1. The Morgan fingerprint density at radius 2 is 2.18 bits per heavy atom. The molecule has 2 aromatic rings. The van der Waals surface area contributed by atoms with Crippen molar-refractivity contribution in [3.63, 3.8) is 0 Å². The fourth-order valence-corrected chi connectivity index (χ4v) is 2.89. The van der Waals surface area contributed by atoms with Crippen molar-refractivity contribution in [2.45, 2.75) is 20.3 Å². The zero-order valence-electron chi connectivity index (χ0n) is 10.3. The minimum Gasteiger partial charge on any atom is -0.316 e. The largest absolute Gasteiger partial charge is 0.316 e. The maximum Gasteiger partial charge on any atom is 0.124 e. The van der Waals surface area contributed by atoms with E-state index in [1.54, 1.807) is 23.5 Å². The molecule has 0 unspecified atom stereocenters. The van der Waals surface area contributed by atoms with Gasteiger partial charge in [-0.2, -0.15) is 0 Å². The summed E-state index contributed by atoms with van der Waals surface area (Å²) in [5.74, 6) is 0.534. The highest BCUT2D eigenvalue weighted by Crippen LogP contribution is 2.26. The molecule has 0 saturated heterocycles. The van der Waals surface area contributed by atoms with Gasteiger partial charge in [0.05, 0.1) is 0 Å². The normalized spacial score (nSPS) is 11.5. The number of fused-ring (bicyclic) bond motifs is 1. The summed E-state index contributed by atoms with van der Waals surface area (Å²) in [6.07, 6.45) is 1.01. The Labute approximate surface area is 106 Å². The standard InChI is InChI=1S/C14H18FNS/c1-10(2)8-16-6-5-11-9-17-14-7-12(15)3-4-13(11)14/h3-4,7,9-10,16H,5-6,8H2,1-2H3. The zero-order valence-corrected chi connectivity index (χ0v) is 11.1. The molecule has 0 radical (unpaired) electrons. The SMILES string of the molecule is CC(C)CNCCc1csc2cc(F)ccc12. The van der Waals surface area contributed by atoms with E-state index in [1.165, 1.54) is 10.9 Å². The van der Waals surface area contributed by atoms with Crippen molar-refractivity contribution >= 4 is 21.4 Å². The molecule has 0 aliphatic heterocycles. The fraction of sp³-hybridized carbons (Fsp3) is 0.429. The molecular weight excluding hydrogens is 233 g/mol. The molecule has 0 fully saturated rings. The van der Waals surface area contributed by atoms with Crippen LogP contribution in [-0.4, -0.2) is 13.1 Å². The zero-order chi connectivity index (χ0) is 12.3. The Balaban J connectivity index is 1.99. The Morgan fingerprint density at radius 3 is 2.94 bits per heavy atom. The maximum atomic E-state index is 13.0. The van der Waals surface area contributed by atoms with Gasteiger partial charge in [-0.1, -0.05) is 19.9 Å². The Morgan fingerprint density at radius 1 is 1.35 bits per heavy atom. The lowest BCUT2D eigenvalue weighted by molar-refractivity contribution is 0.555. The van der Waals surface area contributed by atoms with E-state index >= 15 is 0 Å². The molecule has 1 aromatic carbocycles. The molecular formula is C14H18FNS. The molecule has 2 rings (SSSR count). The molecule has 1 nitrogen and oxygen atoms in total. The van der Waals surface area contributed by atoms with Crippen LogP contribution >= 0.6 is 11.3 Å². The van der Waals surface area contributed by atoms with Crippen molar-refractivity contribution in [3.8, 4) is 0 Å². The second kappa shape index (κ2) is 5.61. The van der Waals surface area contributed by atoms with Crippen molar-refractivity contribution in [2.24, 2.45) is 5.92 Å². The van der Waals surface area contributed by atoms with Crippen LogP contribution < -0.4 is 5.32 Å². The lowest BCUT2D eigenvalue weighted by atomic mass is 10.1. The second-order valence-corrected chi connectivity index (χ2v) is 5.66. The van der Waals surface area contributed by atoms with Crippen LogP contribution in [0.4, 0.5) is 4.39 Å².